The van der Waals surface area contributed by atoms with Crippen molar-refractivity contribution in [2.75, 3.05) is 17.9 Å². The molecule has 2 aromatic carbocycles. The van der Waals surface area contributed by atoms with Crippen LogP contribution in [0.3, 0.4) is 0 Å². The van der Waals surface area contributed by atoms with Crippen LogP contribution in [0, 0.1) is 5.92 Å². The summed E-state index contributed by atoms with van der Waals surface area (Å²) in [5.74, 6) is -1.25. The molecule has 1 amide bonds. The average molecular weight is 534 g/mol. The third-order valence-electron chi connectivity index (χ3n) is 7.34. The molecular weight excluding hydrogens is 502 g/mol. The van der Waals surface area contributed by atoms with Crippen LogP contribution in [0.2, 0.25) is 0 Å². The lowest BCUT2D eigenvalue weighted by Crippen LogP contribution is -2.48. The molecule has 0 radical (unpaired) electrons. The Hall–Kier alpha value is -3.73. The Morgan fingerprint density at radius 2 is 1.97 bits per heavy atom. The van der Waals surface area contributed by atoms with E-state index in [1.165, 1.54) is 17.4 Å². The van der Waals surface area contributed by atoms with Crippen molar-refractivity contribution in [3.8, 4) is 0 Å². The summed E-state index contributed by atoms with van der Waals surface area (Å²) in [6.45, 7) is 0.712. The van der Waals surface area contributed by atoms with Gasteiger partial charge in [0.15, 0.2) is 0 Å². The largest absolute Gasteiger partial charge is 0.391 e. The number of benzene rings is 2. The summed E-state index contributed by atoms with van der Waals surface area (Å²) in [6, 6.07) is 16.6. The molecule has 0 saturated heterocycles. The smallest absolute Gasteiger partial charge is 0.248 e. The molecule has 198 valence electrons. The van der Waals surface area contributed by atoms with Crippen LogP contribution >= 0.6 is 0 Å². The number of hydrogen-bond donors (Lipinski definition) is 4. The molecular formula is C28H31N5O4S. The second-order valence-corrected chi connectivity index (χ2v) is 11.9. The monoisotopic (exact) mass is 533 g/mol. The van der Waals surface area contributed by atoms with Gasteiger partial charge < -0.3 is 21.1 Å². The van der Waals surface area contributed by atoms with E-state index in [4.69, 9.17) is 5.73 Å². The van der Waals surface area contributed by atoms with Crippen molar-refractivity contribution in [3.63, 3.8) is 0 Å². The topological polar surface area (TPSA) is 141 Å². The molecule has 5 rings (SSSR count). The molecule has 0 aliphatic carbocycles. The molecule has 0 fully saturated rings. The van der Waals surface area contributed by atoms with Crippen LogP contribution < -0.4 is 15.4 Å². The first-order valence-electron chi connectivity index (χ1n) is 12.5. The molecule has 1 unspecified atom stereocenters. The number of carbonyl (C=O) groups excluding carboxylic acids is 1. The van der Waals surface area contributed by atoms with Crippen LogP contribution in [0.25, 0.3) is 10.9 Å². The van der Waals surface area contributed by atoms with E-state index in [0.717, 1.165) is 22.1 Å². The molecule has 3 atom stereocenters. The van der Waals surface area contributed by atoms with Gasteiger partial charge in [-0.15, -0.1) is 0 Å². The van der Waals surface area contributed by atoms with Gasteiger partial charge in [-0.1, -0.05) is 36.4 Å². The highest BCUT2D eigenvalue weighted by atomic mass is 32.2. The van der Waals surface area contributed by atoms with Crippen LogP contribution in [-0.2, 0) is 29.4 Å². The number of aromatic nitrogens is 2. The third-order valence-corrected chi connectivity index (χ3v) is 9.58. The van der Waals surface area contributed by atoms with E-state index >= 15 is 0 Å². The predicted molar refractivity (Wildman–Crippen MR) is 147 cm³/mol. The van der Waals surface area contributed by atoms with Crippen molar-refractivity contribution in [2.45, 2.75) is 30.7 Å². The summed E-state index contributed by atoms with van der Waals surface area (Å²) >= 11 is 0. The number of rotatable bonds is 9. The summed E-state index contributed by atoms with van der Waals surface area (Å²) in [5.41, 5.74) is 9.53. The van der Waals surface area contributed by atoms with Crippen molar-refractivity contribution >= 4 is 32.5 Å². The molecule has 1 aliphatic heterocycles. The Morgan fingerprint density at radius 3 is 2.68 bits per heavy atom. The fourth-order valence-electron chi connectivity index (χ4n) is 5.32. The predicted octanol–water partition coefficient (Wildman–Crippen LogP) is 2.36. The van der Waals surface area contributed by atoms with Gasteiger partial charge in [0.2, 0.25) is 15.9 Å². The summed E-state index contributed by atoms with van der Waals surface area (Å²) < 4.78 is 29.5. The molecule has 2 aromatic heterocycles. The van der Waals surface area contributed by atoms with Crippen molar-refractivity contribution in [2.24, 2.45) is 11.7 Å². The summed E-state index contributed by atoms with van der Waals surface area (Å²) in [7, 11) is -2.44. The van der Waals surface area contributed by atoms with E-state index < -0.39 is 33.2 Å². The number of aliphatic hydroxyl groups is 1. The molecule has 1 aliphatic rings. The molecule has 0 spiro atoms. The number of primary amides is 1. The van der Waals surface area contributed by atoms with E-state index in [0.29, 0.717) is 24.2 Å². The molecule has 5 N–H and O–H groups in total. The Kier molecular flexibility index (Phi) is 7.20. The second kappa shape index (κ2) is 10.6. The zero-order valence-corrected chi connectivity index (χ0v) is 21.9. The second-order valence-electron chi connectivity index (χ2n) is 9.76. The highest BCUT2D eigenvalue weighted by molar-refractivity contribution is 7.93. The first-order chi connectivity index (χ1) is 18.3. The molecule has 0 bridgehead atoms. The van der Waals surface area contributed by atoms with Gasteiger partial charge in [-0.3, -0.25) is 14.1 Å². The van der Waals surface area contributed by atoms with Crippen LogP contribution in [0.4, 0.5) is 5.69 Å². The number of hydrogen-bond acceptors (Lipinski definition) is 6. The van der Waals surface area contributed by atoms with Crippen LogP contribution in [0.15, 0.2) is 73.2 Å². The number of sulfonamides is 1. The number of nitrogens with two attached hydrogens (primary N) is 1. The SMILES string of the molecule is CN1c2cc(C(N)=O)cc3[nH]cc(c23)CC([C@@H](Cc2ccccc2)[C@@H](O)CNCc2cccnc2)S1(=O)=O. The Labute approximate surface area is 221 Å². The first-order valence-corrected chi connectivity index (χ1v) is 14.0. The van der Waals surface area contributed by atoms with E-state index in [1.54, 1.807) is 24.7 Å². The Bertz CT molecular complexity index is 1540. The number of anilines is 1. The number of aromatic amines is 1. The minimum atomic E-state index is -3.94. The Morgan fingerprint density at radius 1 is 1.21 bits per heavy atom. The van der Waals surface area contributed by atoms with Crippen LogP contribution in [0.1, 0.15) is 27.0 Å². The van der Waals surface area contributed by atoms with Gasteiger partial charge in [0, 0.05) is 61.1 Å². The van der Waals surface area contributed by atoms with Gasteiger partial charge in [-0.25, -0.2) is 8.42 Å². The molecule has 10 heteroatoms. The minimum Gasteiger partial charge on any atom is -0.391 e. The fourth-order valence-corrected chi connectivity index (χ4v) is 7.26. The highest BCUT2D eigenvalue weighted by Crippen LogP contribution is 2.40. The number of pyridine rings is 1. The lowest BCUT2D eigenvalue weighted by atomic mass is 9.87. The normalized spacial score (nSPS) is 18.2. The number of nitrogens with zero attached hydrogens (tertiary/aromatic N) is 2. The van der Waals surface area contributed by atoms with Crippen molar-refractivity contribution in [1.29, 1.82) is 0 Å². The van der Waals surface area contributed by atoms with Gasteiger partial charge in [0.05, 0.1) is 17.0 Å². The van der Waals surface area contributed by atoms with Crippen molar-refractivity contribution < 1.29 is 18.3 Å². The summed E-state index contributed by atoms with van der Waals surface area (Å²) in [5, 5.41) is 14.5. The van der Waals surface area contributed by atoms with E-state index in [9.17, 15) is 18.3 Å². The lowest BCUT2D eigenvalue weighted by Gasteiger charge is -2.33. The number of nitrogens with one attached hydrogen (secondary N) is 2. The summed E-state index contributed by atoms with van der Waals surface area (Å²) in [6.07, 6.45) is 4.88. The fraction of sp³-hybridized carbons (Fsp3) is 0.286. The number of aliphatic hydroxyl groups excluding tert-OH is 1. The Balaban J connectivity index is 1.50. The van der Waals surface area contributed by atoms with Crippen molar-refractivity contribution in [3.05, 3.63) is 95.4 Å². The van der Waals surface area contributed by atoms with E-state index in [2.05, 4.69) is 15.3 Å². The number of carbonyl (C=O) groups is 1. The first kappa shape index (κ1) is 25.9. The summed E-state index contributed by atoms with van der Waals surface area (Å²) in [4.78, 5) is 19.2. The third kappa shape index (κ3) is 5.02. The number of amides is 1. The van der Waals surface area contributed by atoms with Crippen molar-refractivity contribution in [1.82, 2.24) is 15.3 Å². The van der Waals surface area contributed by atoms with Gasteiger partial charge in [0.1, 0.15) is 0 Å². The highest BCUT2D eigenvalue weighted by Gasteiger charge is 2.43. The maximum absolute atomic E-state index is 14.1. The molecule has 4 aromatic rings. The zero-order chi connectivity index (χ0) is 26.9. The maximum Gasteiger partial charge on any atom is 0.248 e. The van der Waals surface area contributed by atoms with Gasteiger partial charge in [0.25, 0.3) is 0 Å². The van der Waals surface area contributed by atoms with Gasteiger partial charge >= 0.3 is 0 Å². The molecule has 38 heavy (non-hydrogen) atoms. The molecule has 0 saturated carbocycles. The van der Waals surface area contributed by atoms with Gasteiger partial charge in [-0.2, -0.15) is 0 Å². The molecule has 9 nitrogen and oxygen atoms in total. The zero-order valence-electron chi connectivity index (χ0n) is 21.0. The average Bonchev–Trinajstić information content (AvgIpc) is 3.30. The van der Waals surface area contributed by atoms with Crippen LogP contribution in [-0.4, -0.2) is 54.3 Å². The van der Waals surface area contributed by atoms with Crippen LogP contribution in [0.5, 0.6) is 0 Å². The quantitative estimate of drug-likeness (QED) is 0.260. The number of H-pyrrole nitrogens is 1. The standard InChI is InChI=1S/C28H31N5O4S/c1-33-24-12-20(28(29)35)11-23-27(24)21(16-32-23)13-26(38(33,36)37)22(10-18-6-3-2-4-7-18)25(34)17-31-15-19-8-5-9-30-14-19/h2-9,11-12,14,16,22,25-26,31-32,34H,10,13,15,17H2,1H3,(H2,29,35)/t22-,25-,26?/m0/s1. The van der Waals surface area contributed by atoms with E-state index in [-0.39, 0.29) is 18.5 Å². The van der Waals surface area contributed by atoms with E-state index in [1.807, 2.05) is 42.5 Å². The molecule has 3 heterocycles. The minimum absolute atomic E-state index is 0.212. The maximum atomic E-state index is 14.1. The lowest BCUT2D eigenvalue weighted by molar-refractivity contribution is 0.1000. The van der Waals surface area contributed by atoms with Gasteiger partial charge in [-0.05, 0) is 47.7 Å².